The lowest BCUT2D eigenvalue weighted by Gasteiger charge is -2.45. The van der Waals surface area contributed by atoms with Crippen molar-refractivity contribution in [2.75, 3.05) is 4.90 Å². The molecule has 178 valence electrons. The minimum absolute atomic E-state index is 0.00750. The number of aryl methyl sites for hydroxylation is 1. The lowest BCUT2D eigenvalue weighted by molar-refractivity contribution is -0.118. The largest absolute Gasteiger partial charge is 0.507 e. The number of nitrogens with one attached hydrogen (secondary N) is 1. The molecule has 2 aliphatic rings. The summed E-state index contributed by atoms with van der Waals surface area (Å²) < 4.78 is 0. The summed E-state index contributed by atoms with van der Waals surface area (Å²) >= 11 is 7.64. The molecule has 35 heavy (non-hydrogen) atoms. The number of aliphatic hydroxyl groups is 1. The van der Waals surface area contributed by atoms with Gasteiger partial charge in [0.2, 0.25) is 0 Å². The van der Waals surface area contributed by atoms with Gasteiger partial charge >= 0.3 is 0 Å². The summed E-state index contributed by atoms with van der Waals surface area (Å²) in [4.78, 5) is 16.6. The standard InChI is InChI=1S/C29H27ClN2O2S/c1-17-6-4-7-20(14-17)32-21-15-29(2,3)16-22(33)24(21)25(23-8-5-13-35-23)26(28(32)31)27(34)18-9-11-19(30)12-10-18/h4-14,25,31,34H,15-16H2,1-3H3/b27-26+,31-28?. The van der Waals surface area contributed by atoms with Crippen molar-refractivity contribution < 1.29 is 9.90 Å². The highest BCUT2D eigenvalue weighted by atomic mass is 35.5. The van der Waals surface area contributed by atoms with Gasteiger partial charge in [-0.2, -0.15) is 0 Å². The van der Waals surface area contributed by atoms with E-state index in [0.29, 0.717) is 34.6 Å². The molecule has 0 amide bonds. The Labute approximate surface area is 214 Å². The quantitative estimate of drug-likeness (QED) is 0.358. The molecule has 1 aromatic heterocycles. The molecule has 1 unspecified atom stereocenters. The number of hydrogen-bond acceptors (Lipinski definition) is 4. The van der Waals surface area contributed by atoms with Gasteiger partial charge in [-0.1, -0.05) is 43.6 Å². The first-order chi connectivity index (χ1) is 16.7. The van der Waals surface area contributed by atoms with Crippen molar-refractivity contribution in [2.24, 2.45) is 5.41 Å². The molecule has 3 aromatic rings. The van der Waals surface area contributed by atoms with Crippen LogP contribution in [-0.2, 0) is 4.79 Å². The molecular weight excluding hydrogens is 476 g/mol. The van der Waals surface area contributed by atoms with Gasteiger partial charge in [0.1, 0.15) is 11.6 Å². The summed E-state index contributed by atoms with van der Waals surface area (Å²) in [6.45, 7) is 6.21. The Hall–Kier alpha value is -3.15. The van der Waals surface area contributed by atoms with Gasteiger partial charge in [0, 0.05) is 38.8 Å². The van der Waals surface area contributed by atoms with E-state index in [0.717, 1.165) is 21.8 Å². The van der Waals surface area contributed by atoms with Crippen LogP contribution in [0.15, 0.2) is 82.9 Å². The molecule has 1 aliphatic heterocycles. The molecule has 2 N–H and O–H groups in total. The number of allylic oxidation sites excluding steroid dienone is 2. The third-order valence-electron chi connectivity index (χ3n) is 6.68. The number of ketones is 1. The SMILES string of the molecule is Cc1cccc(N2C(=N)/C(=C(/O)c3ccc(Cl)cc3)C(c3cccs3)C3=C2CC(C)(C)CC3=O)c1. The number of aliphatic hydroxyl groups excluding tert-OH is 1. The highest BCUT2D eigenvalue weighted by molar-refractivity contribution is 7.10. The summed E-state index contributed by atoms with van der Waals surface area (Å²) in [6, 6.07) is 18.8. The third-order valence-corrected chi connectivity index (χ3v) is 7.87. The number of Topliss-reactive ketones (excluding diaryl/α,β-unsaturated/α-hetero) is 1. The number of amidine groups is 1. The molecule has 6 heteroatoms. The van der Waals surface area contributed by atoms with E-state index in [9.17, 15) is 15.3 Å². The fourth-order valence-corrected chi connectivity index (χ4v) is 6.14. The fourth-order valence-electron chi connectivity index (χ4n) is 5.17. The molecule has 0 fully saturated rings. The monoisotopic (exact) mass is 502 g/mol. The average Bonchev–Trinajstić information content (AvgIpc) is 3.32. The highest BCUT2D eigenvalue weighted by Gasteiger charge is 2.47. The number of rotatable bonds is 3. The highest BCUT2D eigenvalue weighted by Crippen LogP contribution is 2.52. The molecular formula is C29H27ClN2O2S. The Kier molecular flexibility index (Phi) is 5.94. The van der Waals surface area contributed by atoms with E-state index in [1.807, 2.05) is 53.6 Å². The van der Waals surface area contributed by atoms with Crippen LogP contribution >= 0.6 is 22.9 Å². The predicted octanol–water partition coefficient (Wildman–Crippen LogP) is 7.90. The lowest BCUT2D eigenvalue weighted by atomic mass is 9.68. The van der Waals surface area contributed by atoms with Crippen LogP contribution in [0.5, 0.6) is 0 Å². The number of thiophene rings is 1. The van der Waals surface area contributed by atoms with Crippen molar-refractivity contribution in [2.45, 2.75) is 39.5 Å². The van der Waals surface area contributed by atoms with Gasteiger partial charge in [0.15, 0.2) is 5.78 Å². The second-order valence-corrected chi connectivity index (χ2v) is 11.5. The minimum Gasteiger partial charge on any atom is -0.507 e. The zero-order valence-corrected chi connectivity index (χ0v) is 21.5. The van der Waals surface area contributed by atoms with Crippen molar-refractivity contribution in [3.8, 4) is 0 Å². The molecule has 1 aliphatic carbocycles. The second-order valence-electron chi connectivity index (χ2n) is 10.0. The summed E-state index contributed by atoms with van der Waals surface area (Å²) in [6.07, 6.45) is 1.10. The van der Waals surface area contributed by atoms with E-state index in [2.05, 4.69) is 13.8 Å². The van der Waals surface area contributed by atoms with Gasteiger partial charge in [0.05, 0.1) is 11.5 Å². The number of carbonyl (C=O) groups is 1. The third kappa shape index (κ3) is 4.24. The Morgan fingerprint density at radius 3 is 2.51 bits per heavy atom. The molecule has 0 bridgehead atoms. The number of benzene rings is 2. The number of carbonyl (C=O) groups excluding carboxylic acids is 1. The Balaban J connectivity index is 1.84. The topological polar surface area (TPSA) is 64.4 Å². The van der Waals surface area contributed by atoms with Crippen LogP contribution in [-0.4, -0.2) is 16.7 Å². The minimum atomic E-state index is -0.502. The van der Waals surface area contributed by atoms with Gasteiger partial charge < -0.3 is 5.11 Å². The first kappa shape index (κ1) is 23.6. The van der Waals surface area contributed by atoms with Crippen LogP contribution in [0.4, 0.5) is 5.69 Å². The van der Waals surface area contributed by atoms with Crippen LogP contribution in [0.2, 0.25) is 5.02 Å². The van der Waals surface area contributed by atoms with E-state index < -0.39 is 5.92 Å². The maximum absolute atomic E-state index is 13.8. The van der Waals surface area contributed by atoms with Gasteiger partial charge in [0.25, 0.3) is 0 Å². The Bertz CT molecular complexity index is 1380. The lowest BCUT2D eigenvalue weighted by Crippen LogP contribution is -2.45. The maximum Gasteiger partial charge on any atom is 0.162 e. The molecule has 1 atom stereocenters. The van der Waals surface area contributed by atoms with Gasteiger partial charge in [-0.15, -0.1) is 11.3 Å². The van der Waals surface area contributed by atoms with E-state index in [1.54, 1.807) is 24.3 Å². The van der Waals surface area contributed by atoms with Crippen molar-refractivity contribution in [1.82, 2.24) is 0 Å². The molecule has 0 saturated heterocycles. The molecule has 0 saturated carbocycles. The van der Waals surface area contributed by atoms with Crippen molar-refractivity contribution in [3.05, 3.63) is 104 Å². The normalized spacial score (nSPS) is 21.3. The van der Waals surface area contributed by atoms with Gasteiger partial charge in [-0.3, -0.25) is 15.1 Å². The molecule has 5 rings (SSSR count). The first-order valence-corrected chi connectivity index (χ1v) is 12.9. The predicted molar refractivity (Wildman–Crippen MR) is 144 cm³/mol. The molecule has 0 radical (unpaired) electrons. The summed E-state index contributed by atoms with van der Waals surface area (Å²) in [7, 11) is 0. The van der Waals surface area contributed by atoms with E-state index >= 15 is 0 Å². The molecule has 0 spiro atoms. The van der Waals surface area contributed by atoms with Crippen LogP contribution in [0.3, 0.4) is 0 Å². The zero-order valence-electron chi connectivity index (χ0n) is 19.9. The van der Waals surface area contributed by atoms with E-state index in [-0.39, 0.29) is 22.8 Å². The van der Waals surface area contributed by atoms with Crippen molar-refractivity contribution in [1.29, 1.82) is 5.41 Å². The van der Waals surface area contributed by atoms with Crippen LogP contribution in [0.25, 0.3) is 5.76 Å². The summed E-state index contributed by atoms with van der Waals surface area (Å²) in [5.74, 6) is -0.253. The van der Waals surface area contributed by atoms with Crippen LogP contribution in [0.1, 0.15) is 48.6 Å². The van der Waals surface area contributed by atoms with Gasteiger partial charge in [-0.05, 0) is 72.2 Å². The Morgan fingerprint density at radius 1 is 1.11 bits per heavy atom. The maximum atomic E-state index is 13.8. The zero-order chi connectivity index (χ0) is 24.9. The van der Waals surface area contributed by atoms with E-state index in [4.69, 9.17) is 11.6 Å². The average molecular weight is 503 g/mol. The van der Waals surface area contributed by atoms with Crippen LogP contribution in [0, 0.1) is 17.7 Å². The van der Waals surface area contributed by atoms with Gasteiger partial charge in [-0.25, -0.2) is 0 Å². The summed E-state index contributed by atoms with van der Waals surface area (Å²) in [5, 5.41) is 23.6. The van der Waals surface area contributed by atoms with E-state index in [1.165, 1.54) is 11.3 Å². The van der Waals surface area contributed by atoms with Crippen molar-refractivity contribution >= 4 is 46.0 Å². The van der Waals surface area contributed by atoms with Crippen LogP contribution < -0.4 is 4.90 Å². The number of hydrogen-bond donors (Lipinski definition) is 2. The smallest absolute Gasteiger partial charge is 0.162 e. The number of nitrogens with zero attached hydrogens (tertiary/aromatic N) is 1. The molecule has 2 aromatic carbocycles. The summed E-state index contributed by atoms with van der Waals surface area (Å²) in [5.41, 5.74) is 4.19. The fraction of sp³-hybridized carbons (Fsp3) is 0.241. The van der Waals surface area contributed by atoms with Crippen molar-refractivity contribution in [3.63, 3.8) is 0 Å². The first-order valence-electron chi connectivity index (χ1n) is 11.6. The molecule has 2 heterocycles. The number of halogens is 1. The molecule has 4 nitrogen and oxygen atoms in total. The number of anilines is 1. The Morgan fingerprint density at radius 2 is 1.86 bits per heavy atom. The second kappa shape index (κ2) is 8.81.